The van der Waals surface area contributed by atoms with Gasteiger partial charge in [-0.2, -0.15) is 0 Å². The molecule has 8 heteroatoms. The van der Waals surface area contributed by atoms with Crippen LogP contribution in [-0.2, 0) is 9.98 Å². The lowest BCUT2D eigenvalue weighted by atomic mass is 11.2. The van der Waals surface area contributed by atoms with Gasteiger partial charge in [-0.25, -0.2) is 11.0 Å². The van der Waals surface area contributed by atoms with Crippen LogP contribution in [0.15, 0.2) is 0 Å². The van der Waals surface area contributed by atoms with Crippen molar-refractivity contribution < 1.29 is 9.98 Å². The van der Waals surface area contributed by atoms with E-state index in [9.17, 15) is 0 Å². The first-order valence-corrected chi connectivity index (χ1v) is 2.88. The number of thiocarbonyl (C=S) groups is 2. The van der Waals surface area contributed by atoms with Crippen LogP contribution >= 0.6 is 24.4 Å². The Balaban J connectivity index is 3.06. The van der Waals surface area contributed by atoms with E-state index in [1.807, 2.05) is 11.0 Å². The summed E-state index contributed by atoms with van der Waals surface area (Å²) < 4.78 is 0. The zero-order valence-electron chi connectivity index (χ0n) is 4.79. The van der Waals surface area contributed by atoms with Gasteiger partial charge in [0, 0.05) is 0 Å². The molecule has 0 atom stereocenters. The number of nitrogens with two attached hydrogens (primary N) is 2. The molecule has 0 aliphatic rings. The SMILES string of the molecule is NC(=S)NOONC(N)=S. The van der Waals surface area contributed by atoms with Crippen LogP contribution in [0.25, 0.3) is 0 Å². The smallest absolute Gasteiger partial charge is 0.190 e. The fraction of sp³-hybridized carbons (Fsp3) is 0. The third-order valence-electron chi connectivity index (χ3n) is 0.326. The summed E-state index contributed by atoms with van der Waals surface area (Å²) in [5.41, 5.74) is 13.9. The van der Waals surface area contributed by atoms with E-state index >= 15 is 0 Å². The Labute approximate surface area is 67.7 Å². The van der Waals surface area contributed by atoms with Crippen molar-refractivity contribution in [1.82, 2.24) is 11.0 Å². The molecular formula is C2H6N4O2S2. The van der Waals surface area contributed by atoms with Crippen molar-refractivity contribution in [1.29, 1.82) is 0 Å². The quantitative estimate of drug-likeness (QED) is 0.180. The summed E-state index contributed by atoms with van der Waals surface area (Å²) >= 11 is 8.69. The number of nitrogens with one attached hydrogen (secondary N) is 2. The summed E-state index contributed by atoms with van der Waals surface area (Å²) in [5, 5.41) is -0.130. The van der Waals surface area contributed by atoms with Crippen molar-refractivity contribution in [2.45, 2.75) is 0 Å². The normalized spacial score (nSPS) is 8.40. The van der Waals surface area contributed by atoms with Crippen molar-refractivity contribution >= 4 is 34.7 Å². The number of hydrogen-bond acceptors (Lipinski definition) is 4. The van der Waals surface area contributed by atoms with Crippen molar-refractivity contribution in [2.75, 3.05) is 0 Å². The van der Waals surface area contributed by atoms with Crippen molar-refractivity contribution in [3.8, 4) is 0 Å². The van der Waals surface area contributed by atoms with Gasteiger partial charge >= 0.3 is 0 Å². The Kier molecular flexibility index (Phi) is 4.76. The molecule has 0 aliphatic heterocycles. The van der Waals surface area contributed by atoms with Crippen LogP contribution in [0.2, 0.25) is 0 Å². The largest absolute Gasteiger partial charge is 0.375 e. The molecule has 0 amide bonds. The van der Waals surface area contributed by atoms with Crippen molar-refractivity contribution in [3.63, 3.8) is 0 Å². The monoisotopic (exact) mass is 182 g/mol. The number of hydroxylamine groups is 2. The zero-order chi connectivity index (χ0) is 7.98. The van der Waals surface area contributed by atoms with Gasteiger partial charge in [-0.3, -0.25) is 0 Å². The average Bonchev–Trinajstić information content (AvgIpc) is 1.79. The van der Waals surface area contributed by atoms with Crippen LogP contribution in [0.5, 0.6) is 0 Å². The molecule has 0 saturated carbocycles. The van der Waals surface area contributed by atoms with E-state index < -0.39 is 0 Å². The van der Waals surface area contributed by atoms with E-state index in [0.29, 0.717) is 0 Å². The predicted octanol–water partition coefficient (Wildman–Crippen LogP) is -1.57. The minimum Gasteiger partial charge on any atom is -0.375 e. The van der Waals surface area contributed by atoms with Gasteiger partial charge in [0.15, 0.2) is 10.2 Å². The third-order valence-corrected chi connectivity index (χ3v) is 0.493. The molecule has 10 heavy (non-hydrogen) atoms. The average molecular weight is 182 g/mol. The molecule has 0 unspecified atom stereocenters. The molecule has 0 spiro atoms. The Hall–Kier alpha value is -0.700. The highest BCUT2D eigenvalue weighted by molar-refractivity contribution is 7.80. The van der Waals surface area contributed by atoms with Gasteiger partial charge in [0.05, 0.1) is 0 Å². The Bertz CT molecular complexity index is 123. The second kappa shape index (κ2) is 5.11. The molecule has 0 radical (unpaired) electrons. The lowest BCUT2D eigenvalue weighted by Gasteiger charge is -2.02. The first-order chi connectivity index (χ1) is 4.63. The van der Waals surface area contributed by atoms with E-state index in [4.69, 9.17) is 11.5 Å². The maximum atomic E-state index is 4.93. The highest BCUT2D eigenvalue weighted by atomic mass is 32.1. The van der Waals surface area contributed by atoms with Gasteiger partial charge in [-0.1, -0.05) is 9.98 Å². The first kappa shape index (κ1) is 9.30. The summed E-state index contributed by atoms with van der Waals surface area (Å²) in [6, 6.07) is 0. The lowest BCUT2D eigenvalue weighted by Crippen LogP contribution is -2.35. The molecule has 0 aliphatic carbocycles. The highest BCUT2D eigenvalue weighted by Crippen LogP contribution is 1.65. The van der Waals surface area contributed by atoms with E-state index in [0.717, 1.165) is 0 Å². The van der Waals surface area contributed by atoms with Crippen LogP contribution in [0.3, 0.4) is 0 Å². The summed E-state index contributed by atoms with van der Waals surface area (Å²) in [5.74, 6) is 0. The molecule has 0 aromatic heterocycles. The number of rotatable bonds is 3. The summed E-state index contributed by atoms with van der Waals surface area (Å²) in [4.78, 5) is 8.22. The fourth-order valence-corrected chi connectivity index (χ4v) is 0.192. The van der Waals surface area contributed by atoms with Crippen LogP contribution in [-0.4, -0.2) is 10.2 Å². The summed E-state index contributed by atoms with van der Waals surface area (Å²) in [6.45, 7) is 0. The molecule has 0 heterocycles. The Morgan fingerprint density at radius 2 is 1.30 bits per heavy atom. The van der Waals surface area contributed by atoms with Gasteiger partial charge in [0.2, 0.25) is 0 Å². The van der Waals surface area contributed by atoms with Crippen LogP contribution in [0.4, 0.5) is 0 Å². The maximum absolute atomic E-state index is 4.93. The zero-order valence-corrected chi connectivity index (χ0v) is 6.42. The van der Waals surface area contributed by atoms with Crippen molar-refractivity contribution in [3.05, 3.63) is 0 Å². The van der Waals surface area contributed by atoms with Crippen LogP contribution < -0.4 is 22.4 Å². The molecule has 0 fully saturated rings. The van der Waals surface area contributed by atoms with E-state index in [1.54, 1.807) is 0 Å². The molecule has 6 N–H and O–H groups in total. The first-order valence-electron chi connectivity index (χ1n) is 2.06. The standard InChI is InChI=1S/C2H6N4O2S2/c3-1(9)5-7-8-6-2(4)10/h(H3,3,5,9)(H3,4,6,10). The molecule has 58 valence electrons. The molecule has 0 saturated heterocycles. The van der Waals surface area contributed by atoms with Crippen LogP contribution in [0.1, 0.15) is 0 Å². The highest BCUT2D eigenvalue weighted by Gasteiger charge is 1.87. The van der Waals surface area contributed by atoms with E-state index in [-0.39, 0.29) is 10.2 Å². The molecule has 0 bridgehead atoms. The van der Waals surface area contributed by atoms with E-state index in [2.05, 4.69) is 34.4 Å². The van der Waals surface area contributed by atoms with Gasteiger partial charge in [0.25, 0.3) is 0 Å². The molecule has 0 aromatic carbocycles. The topological polar surface area (TPSA) is 94.6 Å². The minimum absolute atomic E-state index is 0.0651. The molecular weight excluding hydrogens is 176 g/mol. The molecule has 0 rings (SSSR count). The van der Waals surface area contributed by atoms with Crippen LogP contribution in [0, 0.1) is 0 Å². The Morgan fingerprint density at radius 3 is 1.50 bits per heavy atom. The van der Waals surface area contributed by atoms with Crippen molar-refractivity contribution in [2.24, 2.45) is 11.5 Å². The van der Waals surface area contributed by atoms with E-state index in [1.165, 1.54) is 0 Å². The molecule has 0 aromatic rings. The fourth-order valence-electron chi connectivity index (χ4n) is 0.124. The van der Waals surface area contributed by atoms with Gasteiger partial charge in [0.1, 0.15) is 0 Å². The second-order valence-electron chi connectivity index (χ2n) is 1.10. The Morgan fingerprint density at radius 1 is 1.00 bits per heavy atom. The predicted molar refractivity (Wildman–Crippen MR) is 42.0 cm³/mol. The summed E-state index contributed by atoms with van der Waals surface area (Å²) in [6.07, 6.45) is 0. The molecule has 6 nitrogen and oxygen atoms in total. The maximum Gasteiger partial charge on any atom is 0.190 e. The lowest BCUT2D eigenvalue weighted by molar-refractivity contribution is -0.346. The third kappa shape index (κ3) is 7.30. The van der Waals surface area contributed by atoms with Gasteiger partial charge < -0.3 is 11.5 Å². The second-order valence-corrected chi connectivity index (χ2v) is 1.98. The van der Waals surface area contributed by atoms with Gasteiger partial charge in [-0.05, 0) is 24.4 Å². The number of hydrogen-bond donors (Lipinski definition) is 4. The van der Waals surface area contributed by atoms with Gasteiger partial charge in [-0.15, -0.1) is 0 Å². The summed E-state index contributed by atoms with van der Waals surface area (Å²) in [7, 11) is 0. The minimum atomic E-state index is -0.0651.